The number of carbonyl (C=O) groups is 3. The summed E-state index contributed by atoms with van der Waals surface area (Å²) in [6.07, 6.45) is 0.729. The topological polar surface area (TPSA) is 93.7 Å². The number of halogens is 1. The number of esters is 1. The van der Waals surface area contributed by atoms with E-state index in [9.17, 15) is 14.4 Å². The van der Waals surface area contributed by atoms with E-state index in [-0.39, 0.29) is 46.5 Å². The summed E-state index contributed by atoms with van der Waals surface area (Å²) in [5.74, 6) is -0.564. The number of alkyl halides is 1. The van der Waals surface area contributed by atoms with Crippen molar-refractivity contribution >= 4 is 45.1 Å². The normalized spacial score (nSPS) is 30.1. The highest BCUT2D eigenvalue weighted by Crippen LogP contribution is 2.60. The summed E-state index contributed by atoms with van der Waals surface area (Å²) < 4.78 is 10.6. The van der Waals surface area contributed by atoms with E-state index < -0.39 is 5.92 Å². The van der Waals surface area contributed by atoms with E-state index in [1.54, 1.807) is 55.6 Å². The van der Waals surface area contributed by atoms with Gasteiger partial charge in [0.1, 0.15) is 11.9 Å². The number of methoxy groups -OCH3 is 1. The van der Waals surface area contributed by atoms with Gasteiger partial charge in [0.2, 0.25) is 5.91 Å². The molecule has 1 aliphatic heterocycles. The summed E-state index contributed by atoms with van der Waals surface area (Å²) in [4.78, 5) is 37.7. The predicted molar refractivity (Wildman–Crippen MR) is 117 cm³/mol. The minimum atomic E-state index is -0.392. The molecule has 7 nitrogen and oxygen atoms in total. The summed E-state index contributed by atoms with van der Waals surface area (Å²) in [5, 5.41) is 5.73. The molecule has 1 heterocycles. The van der Waals surface area contributed by atoms with Crippen LogP contribution in [0.25, 0.3) is 0 Å². The Bertz CT molecular complexity index is 1060. The molecule has 2 N–H and O–H groups in total. The van der Waals surface area contributed by atoms with Crippen LogP contribution < -0.4 is 15.4 Å². The Kier molecular flexibility index (Phi) is 4.97. The van der Waals surface area contributed by atoms with Crippen LogP contribution in [0.15, 0.2) is 48.5 Å². The molecule has 2 saturated carbocycles. The summed E-state index contributed by atoms with van der Waals surface area (Å²) in [7, 11) is 1.57. The molecule has 3 fully saturated rings. The van der Waals surface area contributed by atoms with Crippen molar-refractivity contribution < 1.29 is 23.9 Å². The van der Waals surface area contributed by atoms with E-state index in [1.807, 2.05) is 0 Å². The fraction of sp³-hybridized carbons (Fsp3) is 0.348. The second-order valence-corrected chi connectivity index (χ2v) is 9.27. The summed E-state index contributed by atoms with van der Waals surface area (Å²) in [6.45, 7) is 0. The lowest BCUT2D eigenvalue weighted by Crippen LogP contribution is -2.40. The fourth-order valence-electron chi connectivity index (χ4n) is 5.17. The van der Waals surface area contributed by atoms with Gasteiger partial charge >= 0.3 is 5.97 Å². The number of hydrogen-bond acceptors (Lipinski definition) is 5. The monoisotopic (exact) mass is 484 g/mol. The lowest BCUT2D eigenvalue weighted by atomic mass is 9.79. The molecule has 0 radical (unpaired) electrons. The molecule has 0 spiro atoms. The molecule has 0 aromatic heterocycles. The van der Waals surface area contributed by atoms with Gasteiger partial charge in [-0.1, -0.05) is 22.0 Å². The number of carbonyl (C=O) groups excluding carboxylic acids is 3. The van der Waals surface area contributed by atoms with Crippen molar-refractivity contribution in [2.75, 3.05) is 17.7 Å². The number of nitrogens with one attached hydrogen (secondary N) is 2. The molecule has 6 atom stereocenters. The van der Waals surface area contributed by atoms with E-state index >= 15 is 0 Å². The Balaban J connectivity index is 1.25. The van der Waals surface area contributed by atoms with Crippen LogP contribution in [0.5, 0.6) is 5.75 Å². The van der Waals surface area contributed by atoms with Crippen LogP contribution in [0.3, 0.4) is 0 Å². The van der Waals surface area contributed by atoms with Crippen LogP contribution in [-0.4, -0.2) is 35.8 Å². The van der Waals surface area contributed by atoms with Crippen molar-refractivity contribution in [2.24, 2.45) is 23.7 Å². The van der Waals surface area contributed by atoms with Gasteiger partial charge in [0.05, 0.1) is 23.8 Å². The third kappa shape index (κ3) is 3.39. The van der Waals surface area contributed by atoms with Crippen LogP contribution >= 0.6 is 15.9 Å². The third-order valence-electron chi connectivity index (χ3n) is 6.57. The first-order valence-corrected chi connectivity index (χ1v) is 11.1. The zero-order valence-electron chi connectivity index (χ0n) is 16.7. The number of fused-ring (bicyclic) bond motifs is 1. The molecule has 5 rings (SSSR count). The standard InChI is InChI=1S/C23H21BrN2O5/c1-30-14-4-2-3-13(9-14)26-21(27)11-5-7-12(8-6-11)25-22(28)17-15-10-16-18(17)23(29)31-20(16)19(15)24/h2-9,15-20H,10H2,1H3,(H,25,28)(H,26,27)/t15-,16-,17-,18-,19-,20+/m1/s1. The van der Waals surface area contributed by atoms with Crippen LogP contribution in [0, 0.1) is 23.7 Å². The Morgan fingerprint density at radius 2 is 1.84 bits per heavy atom. The number of rotatable bonds is 5. The van der Waals surface area contributed by atoms with Crippen molar-refractivity contribution in [3.8, 4) is 5.75 Å². The minimum absolute atomic E-state index is 0.0265. The highest BCUT2D eigenvalue weighted by atomic mass is 79.9. The summed E-state index contributed by atoms with van der Waals surface area (Å²) in [6, 6.07) is 13.8. The maximum absolute atomic E-state index is 13.0. The molecule has 3 aliphatic rings. The van der Waals surface area contributed by atoms with Gasteiger partial charge in [-0.15, -0.1) is 0 Å². The summed E-state index contributed by atoms with van der Waals surface area (Å²) in [5.41, 5.74) is 1.67. The average molecular weight is 485 g/mol. The maximum atomic E-state index is 13.0. The molecule has 0 unspecified atom stereocenters. The van der Waals surface area contributed by atoms with Crippen LogP contribution in [0.4, 0.5) is 11.4 Å². The number of ether oxygens (including phenoxy) is 2. The first-order valence-electron chi connectivity index (χ1n) is 10.2. The lowest BCUT2D eigenvalue weighted by molar-refractivity contribution is -0.145. The number of amides is 2. The van der Waals surface area contributed by atoms with Gasteiger partial charge in [-0.05, 0) is 48.7 Å². The Morgan fingerprint density at radius 1 is 1.06 bits per heavy atom. The van der Waals surface area contributed by atoms with Gasteiger partial charge in [-0.2, -0.15) is 0 Å². The smallest absolute Gasteiger partial charge is 0.310 e. The van der Waals surface area contributed by atoms with Gasteiger partial charge in [0, 0.05) is 28.9 Å². The van der Waals surface area contributed by atoms with Crippen molar-refractivity contribution in [1.82, 2.24) is 0 Å². The van der Waals surface area contributed by atoms with Gasteiger partial charge in [-0.25, -0.2) is 0 Å². The van der Waals surface area contributed by atoms with Crippen molar-refractivity contribution in [3.63, 3.8) is 0 Å². The first kappa shape index (κ1) is 20.1. The molecule has 2 aromatic carbocycles. The zero-order chi connectivity index (χ0) is 21.7. The van der Waals surface area contributed by atoms with Crippen molar-refractivity contribution in [2.45, 2.75) is 17.4 Å². The molecule has 31 heavy (non-hydrogen) atoms. The molecule has 2 aromatic rings. The van der Waals surface area contributed by atoms with E-state index in [0.29, 0.717) is 22.7 Å². The Labute approximate surface area is 187 Å². The Hall–Kier alpha value is -2.87. The quantitative estimate of drug-likeness (QED) is 0.500. The van der Waals surface area contributed by atoms with E-state index in [2.05, 4.69) is 26.6 Å². The zero-order valence-corrected chi connectivity index (χ0v) is 18.3. The average Bonchev–Trinajstić information content (AvgIpc) is 3.38. The fourth-order valence-corrected chi connectivity index (χ4v) is 6.21. The Morgan fingerprint density at radius 3 is 2.58 bits per heavy atom. The SMILES string of the molecule is COc1cccc(NC(=O)c2ccc(NC(=O)[C@@H]3[C@H]4C[C@H]5[C@H](OC(=O)[C@H]53)[C@@H]4Br)cc2)c1. The predicted octanol–water partition coefficient (Wildman–Crippen LogP) is 3.46. The third-order valence-corrected chi connectivity index (χ3v) is 7.77. The molecular weight excluding hydrogens is 464 g/mol. The number of hydrogen-bond donors (Lipinski definition) is 2. The van der Waals surface area contributed by atoms with Crippen LogP contribution in [0.2, 0.25) is 0 Å². The maximum Gasteiger partial charge on any atom is 0.310 e. The van der Waals surface area contributed by atoms with Crippen molar-refractivity contribution in [1.29, 1.82) is 0 Å². The summed E-state index contributed by atoms with van der Waals surface area (Å²) >= 11 is 3.62. The van der Waals surface area contributed by atoms with Crippen LogP contribution in [-0.2, 0) is 14.3 Å². The molecule has 160 valence electrons. The molecule has 2 aliphatic carbocycles. The largest absolute Gasteiger partial charge is 0.497 e. The first-order chi connectivity index (χ1) is 15.0. The molecule has 1 saturated heterocycles. The van der Waals surface area contributed by atoms with Gasteiger partial charge in [-0.3, -0.25) is 14.4 Å². The highest BCUT2D eigenvalue weighted by Gasteiger charge is 2.67. The molecule has 2 amide bonds. The van der Waals surface area contributed by atoms with Gasteiger partial charge < -0.3 is 20.1 Å². The molecule has 8 heteroatoms. The number of anilines is 2. The number of benzene rings is 2. The second-order valence-electron chi connectivity index (χ2n) is 8.21. The van der Waals surface area contributed by atoms with E-state index in [1.165, 1.54) is 0 Å². The van der Waals surface area contributed by atoms with Crippen LogP contribution in [0.1, 0.15) is 16.8 Å². The lowest BCUT2D eigenvalue weighted by Gasteiger charge is -2.27. The van der Waals surface area contributed by atoms with Gasteiger partial charge in [0.15, 0.2) is 0 Å². The second kappa shape index (κ2) is 7.67. The molecule has 2 bridgehead atoms. The van der Waals surface area contributed by atoms with E-state index in [0.717, 1.165) is 6.42 Å². The van der Waals surface area contributed by atoms with E-state index in [4.69, 9.17) is 9.47 Å². The molecular formula is C23H21BrN2O5. The van der Waals surface area contributed by atoms with Gasteiger partial charge in [0.25, 0.3) is 5.91 Å². The van der Waals surface area contributed by atoms with Crippen molar-refractivity contribution in [3.05, 3.63) is 54.1 Å². The highest BCUT2D eigenvalue weighted by molar-refractivity contribution is 9.09. The minimum Gasteiger partial charge on any atom is -0.497 e.